The molecule has 5 heteroatoms. The molecule has 1 aliphatic heterocycles. The van der Waals surface area contributed by atoms with E-state index in [1.165, 1.54) is 23.4 Å². The number of hydrogen-bond acceptors (Lipinski definition) is 4. The molecule has 1 aliphatic rings. The minimum atomic E-state index is -0.498. The summed E-state index contributed by atoms with van der Waals surface area (Å²) < 4.78 is 19.4. The number of halogens is 1. The van der Waals surface area contributed by atoms with Crippen molar-refractivity contribution < 1.29 is 9.13 Å². The first-order chi connectivity index (χ1) is 15.2. The van der Waals surface area contributed by atoms with E-state index in [0.717, 1.165) is 38.3 Å². The van der Waals surface area contributed by atoms with Gasteiger partial charge in [-0.1, -0.05) is 42.5 Å². The molecule has 1 fully saturated rings. The fraction of sp³-hybridized carbons (Fsp3) is 0.269. The second kappa shape index (κ2) is 10.1. The third kappa shape index (κ3) is 5.62. The molecule has 158 valence electrons. The maximum atomic E-state index is 13.9. The summed E-state index contributed by atoms with van der Waals surface area (Å²) in [5.74, 6) is -0.313. The minimum Gasteiger partial charge on any atom is -0.490 e. The highest BCUT2D eigenvalue weighted by atomic mass is 19.1. The fourth-order valence-electron chi connectivity index (χ4n) is 3.84. The average Bonchev–Trinajstić information content (AvgIpc) is 2.82. The standard InChI is InChI=1S/C26H26FN3O/c27-25-18-23(19-28)10-11-26(25)31-17-12-21-6-8-22(9-7-21)20-29-13-15-30(16-14-29)24-4-2-1-3-5-24/h1-11,18H,12-17,20H2. The number of para-hydroxylation sites is 1. The van der Waals surface area contributed by atoms with Crippen LogP contribution in [0.1, 0.15) is 16.7 Å². The molecule has 1 saturated heterocycles. The number of nitrogens with zero attached hydrogens (tertiary/aromatic N) is 3. The second-order valence-electron chi connectivity index (χ2n) is 7.77. The van der Waals surface area contributed by atoms with Gasteiger partial charge < -0.3 is 9.64 Å². The molecular formula is C26H26FN3O. The summed E-state index contributed by atoms with van der Waals surface area (Å²) in [6.45, 7) is 5.55. The first-order valence-corrected chi connectivity index (χ1v) is 10.6. The van der Waals surface area contributed by atoms with E-state index in [0.29, 0.717) is 18.6 Å². The Morgan fingerprint density at radius 2 is 1.58 bits per heavy atom. The lowest BCUT2D eigenvalue weighted by molar-refractivity contribution is 0.250. The molecule has 0 radical (unpaired) electrons. The number of anilines is 1. The molecule has 1 heterocycles. The van der Waals surface area contributed by atoms with E-state index in [4.69, 9.17) is 10.00 Å². The van der Waals surface area contributed by atoms with Gasteiger partial charge in [-0.3, -0.25) is 4.90 Å². The summed E-state index contributed by atoms with van der Waals surface area (Å²) in [4.78, 5) is 4.93. The van der Waals surface area contributed by atoms with E-state index in [1.807, 2.05) is 6.07 Å². The van der Waals surface area contributed by atoms with Gasteiger partial charge in [-0.15, -0.1) is 0 Å². The van der Waals surface area contributed by atoms with Gasteiger partial charge in [-0.05, 0) is 41.5 Å². The van der Waals surface area contributed by atoms with Crippen molar-refractivity contribution in [1.82, 2.24) is 4.90 Å². The van der Waals surface area contributed by atoms with Crippen LogP contribution in [0.25, 0.3) is 0 Å². The van der Waals surface area contributed by atoms with Gasteiger partial charge in [0, 0.05) is 44.8 Å². The van der Waals surface area contributed by atoms with Gasteiger partial charge in [0.05, 0.1) is 18.2 Å². The molecule has 0 atom stereocenters. The van der Waals surface area contributed by atoms with Crippen molar-refractivity contribution in [2.45, 2.75) is 13.0 Å². The van der Waals surface area contributed by atoms with Gasteiger partial charge in [0.15, 0.2) is 11.6 Å². The van der Waals surface area contributed by atoms with Crippen molar-refractivity contribution in [3.8, 4) is 11.8 Å². The Hall–Kier alpha value is -3.36. The van der Waals surface area contributed by atoms with E-state index < -0.39 is 5.82 Å². The highest BCUT2D eigenvalue weighted by Crippen LogP contribution is 2.19. The molecular weight excluding hydrogens is 389 g/mol. The summed E-state index contributed by atoms with van der Waals surface area (Å²) in [5.41, 5.74) is 4.05. The van der Waals surface area contributed by atoms with Crippen LogP contribution in [0.4, 0.5) is 10.1 Å². The predicted molar refractivity (Wildman–Crippen MR) is 121 cm³/mol. The summed E-state index contributed by atoms with van der Waals surface area (Å²) in [6, 6.07) is 25.4. The van der Waals surface area contributed by atoms with Crippen LogP contribution < -0.4 is 9.64 Å². The van der Waals surface area contributed by atoms with Crippen LogP contribution in [0.3, 0.4) is 0 Å². The van der Waals surface area contributed by atoms with Crippen molar-refractivity contribution in [3.05, 3.63) is 95.3 Å². The maximum Gasteiger partial charge on any atom is 0.166 e. The normalized spacial score (nSPS) is 14.3. The summed E-state index contributed by atoms with van der Waals surface area (Å²) in [7, 11) is 0. The van der Waals surface area contributed by atoms with Gasteiger partial charge in [-0.2, -0.15) is 5.26 Å². The molecule has 0 bridgehead atoms. The van der Waals surface area contributed by atoms with E-state index in [1.54, 1.807) is 6.07 Å². The lowest BCUT2D eigenvalue weighted by atomic mass is 10.1. The Morgan fingerprint density at radius 1 is 0.871 bits per heavy atom. The van der Waals surface area contributed by atoms with Crippen molar-refractivity contribution in [2.24, 2.45) is 0 Å². The molecule has 0 aliphatic carbocycles. The van der Waals surface area contributed by atoms with Crippen LogP contribution in [0.15, 0.2) is 72.8 Å². The topological polar surface area (TPSA) is 39.5 Å². The smallest absolute Gasteiger partial charge is 0.166 e. The Morgan fingerprint density at radius 3 is 2.26 bits per heavy atom. The molecule has 3 aromatic carbocycles. The minimum absolute atomic E-state index is 0.185. The summed E-state index contributed by atoms with van der Waals surface area (Å²) in [5, 5.41) is 8.80. The maximum absolute atomic E-state index is 13.9. The van der Waals surface area contributed by atoms with Crippen LogP contribution in [0.2, 0.25) is 0 Å². The molecule has 31 heavy (non-hydrogen) atoms. The van der Waals surface area contributed by atoms with Crippen molar-refractivity contribution in [2.75, 3.05) is 37.7 Å². The van der Waals surface area contributed by atoms with Gasteiger partial charge in [-0.25, -0.2) is 4.39 Å². The lowest BCUT2D eigenvalue weighted by Gasteiger charge is -2.36. The summed E-state index contributed by atoms with van der Waals surface area (Å²) >= 11 is 0. The van der Waals surface area contributed by atoms with E-state index in [9.17, 15) is 4.39 Å². The fourth-order valence-corrected chi connectivity index (χ4v) is 3.84. The third-order valence-electron chi connectivity index (χ3n) is 5.63. The Bertz CT molecular complexity index is 1020. The van der Waals surface area contributed by atoms with E-state index in [-0.39, 0.29) is 5.75 Å². The van der Waals surface area contributed by atoms with Gasteiger partial charge in [0.1, 0.15) is 0 Å². The Labute approximate surface area is 183 Å². The van der Waals surface area contributed by atoms with Crippen LogP contribution in [-0.2, 0) is 13.0 Å². The monoisotopic (exact) mass is 415 g/mol. The SMILES string of the molecule is N#Cc1ccc(OCCc2ccc(CN3CCN(c4ccccc4)CC3)cc2)c(F)c1. The Balaban J connectivity index is 1.22. The summed E-state index contributed by atoms with van der Waals surface area (Å²) in [6.07, 6.45) is 0.704. The number of rotatable bonds is 7. The van der Waals surface area contributed by atoms with Crippen molar-refractivity contribution in [1.29, 1.82) is 5.26 Å². The molecule has 0 amide bonds. The van der Waals surface area contributed by atoms with Gasteiger partial charge >= 0.3 is 0 Å². The number of nitriles is 1. The molecule has 0 spiro atoms. The number of benzene rings is 3. The van der Waals surface area contributed by atoms with Crippen molar-refractivity contribution >= 4 is 5.69 Å². The lowest BCUT2D eigenvalue weighted by Crippen LogP contribution is -2.45. The molecule has 0 N–H and O–H groups in total. The van der Waals surface area contributed by atoms with E-state index >= 15 is 0 Å². The van der Waals surface area contributed by atoms with Crippen LogP contribution in [-0.4, -0.2) is 37.7 Å². The largest absolute Gasteiger partial charge is 0.490 e. The number of piperazine rings is 1. The van der Waals surface area contributed by atoms with Crippen LogP contribution >= 0.6 is 0 Å². The number of ether oxygens (including phenoxy) is 1. The predicted octanol–water partition coefficient (Wildman–Crippen LogP) is 4.64. The van der Waals surface area contributed by atoms with Gasteiger partial charge in [0.25, 0.3) is 0 Å². The first kappa shape index (κ1) is 20.9. The van der Waals surface area contributed by atoms with Crippen LogP contribution in [0, 0.1) is 17.1 Å². The molecule has 0 unspecified atom stereocenters. The van der Waals surface area contributed by atoms with E-state index in [2.05, 4.69) is 64.4 Å². The zero-order valence-corrected chi connectivity index (χ0v) is 17.5. The van der Waals surface area contributed by atoms with Gasteiger partial charge in [0.2, 0.25) is 0 Å². The molecule has 3 aromatic rings. The highest BCUT2D eigenvalue weighted by Gasteiger charge is 2.17. The molecule has 0 saturated carbocycles. The molecule has 4 nitrogen and oxygen atoms in total. The zero-order chi connectivity index (χ0) is 21.5. The quantitative estimate of drug-likeness (QED) is 0.564. The zero-order valence-electron chi connectivity index (χ0n) is 17.5. The third-order valence-corrected chi connectivity index (χ3v) is 5.63. The first-order valence-electron chi connectivity index (χ1n) is 10.6. The molecule has 4 rings (SSSR count). The second-order valence-corrected chi connectivity index (χ2v) is 7.77. The Kier molecular flexibility index (Phi) is 6.81. The molecule has 0 aromatic heterocycles. The van der Waals surface area contributed by atoms with Crippen molar-refractivity contribution in [3.63, 3.8) is 0 Å². The van der Waals surface area contributed by atoms with Crippen LogP contribution in [0.5, 0.6) is 5.75 Å². The average molecular weight is 416 g/mol. The number of hydrogen-bond donors (Lipinski definition) is 0. The highest BCUT2D eigenvalue weighted by molar-refractivity contribution is 5.46.